The number of halogens is 2. The molecule has 0 spiro atoms. The summed E-state index contributed by atoms with van der Waals surface area (Å²) in [6, 6.07) is 2.71. The number of carbonyl (C=O) groups excluding carboxylic acids is 2. The molecular weight excluding hydrogens is 258 g/mol. The third kappa shape index (κ3) is 2.22. The van der Waals surface area contributed by atoms with Gasteiger partial charge in [-0.3, -0.25) is 4.79 Å². The Morgan fingerprint density at radius 3 is 2.79 bits per heavy atom. The molecule has 0 aliphatic heterocycles. The molecule has 0 radical (unpaired) electrons. The van der Waals surface area contributed by atoms with Crippen LogP contribution in [0.3, 0.4) is 0 Å². The van der Waals surface area contributed by atoms with Gasteiger partial charge in [-0.25, -0.2) is 18.3 Å². The average molecular weight is 266 g/mol. The van der Waals surface area contributed by atoms with Gasteiger partial charge in [0.1, 0.15) is 28.6 Å². The van der Waals surface area contributed by atoms with Gasteiger partial charge in [-0.2, -0.15) is 5.10 Å². The van der Waals surface area contributed by atoms with Crippen molar-refractivity contribution in [3.8, 4) is 5.69 Å². The second kappa shape index (κ2) is 4.97. The normalized spacial score (nSPS) is 10.3. The summed E-state index contributed by atoms with van der Waals surface area (Å²) in [7, 11) is 1.14. The number of carbonyl (C=O) groups is 2. The highest BCUT2D eigenvalue weighted by atomic mass is 19.1. The van der Waals surface area contributed by atoms with Gasteiger partial charge in [0.05, 0.1) is 13.3 Å². The van der Waals surface area contributed by atoms with Crippen LogP contribution in [0.25, 0.3) is 5.69 Å². The SMILES string of the molecule is COC(=O)c1cnn(-c2cc(F)ccc2F)c1C=O. The molecule has 0 saturated carbocycles. The summed E-state index contributed by atoms with van der Waals surface area (Å²) in [5.74, 6) is -2.25. The average Bonchev–Trinajstić information content (AvgIpc) is 2.84. The van der Waals surface area contributed by atoms with Crippen molar-refractivity contribution in [1.82, 2.24) is 9.78 Å². The van der Waals surface area contributed by atoms with Gasteiger partial charge in [0.25, 0.3) is 0 Å². The molecule has 0 amide bonds. The van der Waals surface area contributed by atoms with Crippen molar-refractivity contribution in [2.75, 3.05) is 7.11 Å². The predicted octanol–water partition coefficient (Wildman–Crippen LogP) is 1.75. The van der Waals surface area contributed by atoms with Crippen LogP contribution in [0.5, 0.6) is 0 Å². The van der Waals surface area contributed by atoms with Crippen LogP contribution in [-0.2, 0) is 4.74 Å². The van der Waals surface area contributed by atoms with Crippen LogP contribution >= 0.6 is 0 Å². The van der Waals surface area contributed by atoms with Crippen LogP contribution in [0.15, 0.2) is 24.4 Å². The molecule has 0 N–H and O–H groups in total. The van der Waals surface area contributed by atoms with E-state index in [1.54, 1.807) is 0 Å². The lowest BCUT2D eigenvalue weighted by atomic mass is 10.2. The second-order valence-corrected chi connectivity index (χ2v) is 3.56. The first-order chi connectivity index (χ1) is 9.08. The fraction of sp³-hybridized carbons (Fsp3) is 0.0833. The van der Waals surface area contributed by atoms with E-state index in [2.05, 4.69) is 9.84 Å². The molecular formula is C12H8F2N2O3. The van der Waals surface area contributed by atoms with Crippen LogP contribution in [0.2, 0.25) is 0 Å². The number of methoxy groups -OCH3 is 1. The number of hydrogen-bond donors (Lipinski definition) is 0. The van der Waals surface area contributed by atoms with Gasteiger partial charge in [0.15, 0.2) is 6.29 Å². The Hall–Kier alpha value is -2.57. The van der Waals surface area contributed by atoms with Gasteiger partial charge in [-0.05, 0) is 12.1 Å². The minimum atomic E-state index is -0.787. The number of aromatic nitrogens is 2. The molecule has 0 bridgehead atoms. The Bertz CT molecular complexity index is 652. The minimum Gasteiger partial charge on any atom is -0.465 e. The summed E-state index contributed by atoms with van der Waals surface area (Å²) in [6.07, 6.45) is 1.38. The van der Waals surface area contributed by atoms with E-state index in [9.17, 15) is 18.4 Å². The van der Waals surface area contributed by atoms with Gasteiger partial charge in [0, 0.05) is 6.07 Å². The molecule has 0 fully saturated rings. The van der Waals surface area contributed by atoms with Crippen LogP contribution in [0.1, 0.15) is 20.8 Å². The number of nitrogens with zero attached hydrogens (tertiary/aromatic N) is 2. The Labute approximate surface area is 106 Å². The van der Waals surface area contributed by atoms with Gasteiger partial charge >= 0.3 is 5.97 Å². The maximum absolute atomic E-state index is 13.6. The van der Waals surface area contributed by atoms with E-state index < -0.39 is 17.6 Å². The van der Waals surface area contributed by atoms with E-state index in [1.165, 1.54) is 0 Å². The topological polar surface area (TPSA) is 61.2 Å². The van der Waals surface area contributed by atoms with Crippen LogP contribution in [-0.4, -0.2) is 29.1 Å². The molecule has 7 heteroatoms. The molecule has 19 heavy (non-hydrogen) atoms. The molecule has 0 aliphatic rings. The molecule has 1 aromatic heterocycles. The van der Waals surface area contributed by atoms with Crippen molar-refractivity contribution in [3.63, 3.8) is 0 Å². The highest BCUT2D eigenvalue weighted by Crippen LogP contribution is 2.18. The number of hydrogen-bond acceptors (Lipinski definition) is 4. The van der Waals surface area contributed by atoms with Crippen molar-refractivity contribution in [3.05, 3.63) is 47.3 Å². The molecule has 98 valence electrons. The third-order valence-electron chi connectivity index (χ3n) is 2.46. The summed E-state index contributed by atoms with van der Waals surface area (Å²) in [5, 5.41) is 3.71. The summed E-state index contributed by atoms with van der Waals surface area (Å²) in [5.41, 5.74) is -0.602. The number of aldehydes is 1. The predicted molar refractivity (Wildman–Crippen MR) is 60.2 cm³/mol. The standard InChI is InChI=1S/C12H8F2N2O3/c1-19-12(18)8-5-15-16(11(8)6-17)10-4-7(13)2-3-9(10)14/h2-6H,1H3. The van der Waals surface area contributed by atoms with Crippen LogP contribution in [0.4, 0.5) is 8.78 Å². The Morgan fingerprint density at radius 1 is 1.42 bits per heavy atom. The third-order valence-corrected chi connectivity index (χ3v) is 2.46. The summed E-state index contributed by atoms with van der Waals surface area (Å²) in [4.78, 5) is 22.4. The first-order valence-electron chi connectivity index (χ1n) is 5.15. The van der Waals surface area contributed by atoms with E-state index in [-0.39, 0.29) is 16.9 Å². The molecule has 0 atom stereocenters. The maximum Gasteiger partial charge on any atom is 0.341 e. The molecule has 1 aromatic carbocycles. The molecule has 2 aromatic rings. The molecule has 0 unspecified atom stereocenters. The number of benzene rings is 1. The molecule has 0 aliphatic carbocycles. The lowest BCUT2D eigenvalue weighted by molar-refractivity contribution is 0.0598. The fourth-order valence-electron chi connectivity index (χ4n) is 1.58. The zero-order chi connectivity index (χ0) is 14.0. The Balaban J connectivity index is 2.63. The summed E-state index contributed by atoms with van der Waals surface area (Å²) < 4.78 is 32.0. The number of ether oxygens (including phenoxy) is 1. The second-order valence-electron chi connectivity index (χ2n) is 3.56. The number of rotatable bonds is 3. The van der Waals surface area contributed by atoms with Gasteiger partial charge in [-0.1, -0.05) is 0 Å². The molecule has 1 heterocycles. The summed E-state index contributed by atoms with van der Waals surface area (Å²) >= 11 is 0. The molecule has 5 nitrogen and oxygen atoms in total. The Morgan fingerprint density at radius 2 is 2.16 bits per heavy atom. The van der Waals surface area contributed by atoms with Gasteiger partial charge in [-0.15, -0.1) is 0 Å². The lowest BCUT2D eigenvalue weighted by Crippen LogP contribution is -2.08. The minimum absolute atomic E-state index is 0.124. The van der Waals surface area contributed by atoms with Gasteiger partial charge < -0.3 is 4.74 Å². The van der Waals surface area contributed by atoms with Gasteiger partial charge in [0.2, 0.25) is 0 Å². The smallest absolute Gasteiger partial charge is 0.341 e. The van der Waals surface area contributed by atoms with Crippen molar-refractivity contribution in [2.45, 2.75) is 0 Å². The quantitative estimate of drug-likeness (QED) is 0.627. The zero-order valence-electron chi connectivity index (χ0n) is 9.76. The highest BCUT2D eigenvalue weighted by Gasteiger charge is 2.20. The zero-order valence-corrected chi connectivity index (χ0v) is 9.76. The fourth-order valence-corrected chi connectivity index (χ4v) is 1.58. The maximum atomic E-state index is 13.6. The van der Waals surface area contributed by atoms with E-state index in [0.29, 0.717) is 6.29 Å². The lowest BCUT2D eigenvalue weighted by Gasteiger charge is -2.05. The van der Waals surface area contributed by atoms with Crippen molar-refractivity contribution < 1.29 is 23.1 Å². The molecule has 0 saturated heterocycles. The van der Waals surface area contributed by atoms with Crippen LogP contribution in [0, 0.1) is 11.6 Å². The number of esters is 1. The van der Waals surface area contributed by atoms with Crippen molar-refractivity contribution >= 4 is 12.3 Å². The summed E-state index contributed by atoms with van der Waals surface area (Å²) in [6.45, 7) is 0. The van der Waals surface area contributed by atoms with E-state index in [4.69, 9.17) is 0 Å². The van der Waals surface area contributed by atoms with E-state index in [0.717, 1.165) is 36.2 Å². The van der Waals surface area contributed by atoms with E-state index >= 15 is 0 Å². The van der Waals surface area contributed by atoms with Crippen LogP contribution < -0.4 is 0 Å². The Kier molecular flexibility index (Phi) is 3.37. The first-order valence-corrected chi connectivity index (χ1v) is 5.15. The van der Waals surface area contributed by atoms with Crippen molar-refractivity contribution in [2.24, 2.45) is 0 Å². The van der Waals surface area contributed by atoms with E-state index in [1.807, 2.05) is 0 Å². The largest absolute Gasteiger partial charge is 0.465 e. The molecule has 2 rings (SSSR count). The highest BCUT2D eigenvalue weighted by molar-refractivity contribution is 5.97. The van der Waals surface area contributed by atoms with Crippen molar-refractivity contribution in [1.29, 1.82) is 0 Å². The monoisotopic (exact) mass is 266 g/mol. The first kappa shape index (κ1) is 12.9.